The van der Waals surface area contributed by atoms with Crippen LogP contribution in [0, 0.1) is 0 Å². The van der Waals surface area contributed by atoms with Crippen LogP contribution < -0.4 is 5.73 Å². The van der Waals surface area contributed by atoms with E-state index in [0.717, 1.165) is 0 Å². The Morgan fingerprint density at radius 1 is 1.08 bits per heavy atom. The number of carbonyl (C=O) groups excluding carboxylic acids is 1. The highest BCUT2D eigenvalue weighted by molar-refractivity contribution is 5.81. The lowest BCUT2D eigenvalue weighted by molar-refractivity contribution is -0.135. The fourth-order valence-electron chi connectivity index (χ4n) is 1.34. The lowest BCUT2D eigenvalue weighted by Gasteiger charge is -2.32. The largest absolute Gasteiger partial charge is 0.337 e. The average Bonchev–Trinajstić information content (AvgIpc) is 1.85. The minimum absolute atomic E-state index is 0. The summed E-state index contributed by atoms with van der Waals surface area (Å²) in [6, 6.07) is 0.0572. The first kappa shape index (κ1) is 14.9. The molecule has 0 aliphatic rings. The Bertz CT molecular complexity index is 145. The fraction of sp³-hybridized carbons (Fsp3) is 0.900. The molecule has 0 unspecified atom stereocenters. The molecule has 0 fully saturated rings. The van der Waals surface area contributed by atoms with Gasteiger partial charge < -0.3 is 10.6 Å². The highest BCUT2D eigenvalue weighted by Gasteiger charge is 2.22. The Labute approximate surface area is 82.3 Å². The number of amides is 1. The molecule has 1 atom stereocenters. The van der Waals surface area contributed by atoms with E-state index in [4.69, 9.17) is 5.73 Å². The van der Waals surface area contributed by atoms with Gasteiger partial charge in [-0.1, -0.05) is 7.43 Å². The molecule has 1 amide bonds. The number of nitrogens with two attached hydrogens (primary N) is 1. The molecule has 3 heteroatoms. The van der Waals surface area contributed by atoms with Crippen LogP contribution >= 0.6 is 0 Å². The number of hydrogen-bond donors (Lipinski definition) is 1. The van der Waals surface area contributed by atoms with Crippen molar-refractivity contribution in [1.29, 1.82) is 0 Å². The van der Waals surface area contributed by atoms with E-state index >= 15 is 0 Å². The van der Waals surface area contributed by atoms with Crippen LogP contribution in [-0.2, 0) is 4.79 Å². The minimum atomic E-state index is -0.394. The van der Waals surface area contributed by atoms with Crippen molar-refractivity contribution in [2.45, 2.75) is 60.2 Å². The molecule has 0 saturated heterocycles. The first-order chi connectivity index (χ1) is 5.37. The first-order valence-corrected chi connectivity index (χ1v) is 4.45. The Hall–Kier alpha value is -0.570. The van der Waals surface area contributed by atoms with Crippen molar-refractivity contribution >= 4 is 5.91 Å². The van der Waals surface area contributed by atoms with Crippen LogP contribution in [0.5, 0.6) is 0 Å². The summed E-state index contributed by atoms with van der Waals surface area (Å²) in [4.78, 5) is 13.3. The summed E-state index contributed by atoms with van der Waals surface area (Å²) >= 11 is 0. The summed E-state index contributed by atoms with van der Waals surface area (Å²) < 4.78 is 0. The highest BCUT2D eigenvalue weighted by Crippen LogP contribution is 2.06. The van der Waals surface area contributed by atoms with Crippen LogP contribution in [0.3, 0.4) is 0 Å². The van der Waals surface area contributed by atoms with Gasteiger partial charge in [-0.2, -0.15) is 0 Å². The quantitative estimate of drug-likeness (QED) is 0.731. The maximum atomic E-state index is 11.5. The molecule has 0 bridgehead atoms. The fourth-order valence-corrected chi connectivity index (χ4v) is 1.34. The molecule has 0 heterocycles. The summed E-state index contributed by atoms with van der Waals surface area (Å²) in [7, 11) is 0. The van der Waals surface area contributed by atoms with Crippen molar-refractivity contribution in [2.75, 3.05) is 0 Å². The zero-order valence-electron chi connectivity index (χ0n) is 8.66. The smallest absolute Gasteiger partial charge is 0.239 e. The normalized spacial score (nSPS) is 12.6. The van der Waals surface area contributed by atoms with Gasteiger partial charge in [0.1, 0.15) is 0 Å². The van der Waals surface area contributed by atoms with E-state index in [1.165, 1.54) is 0 Å². The summed E-state index contributed by atoms with van der Waals surface area (Å²) in [6.07, 6.45) is 0. The zero-order chi connectivity index (χ0) is 9.89. The van der Waals surface area contributed by atoms with Gasteiger partial charge in [-0.3, -0.25) is 4.79 Å². The van der Waals surface area contributed by atoms with E-state index in [1.54, 1.807) is 6.92 Å². The molecule has 0 aliphatic carbocycles. The van der Waals surface area contributed by atoms with Crippen LogP contribution in [0.4, 0.5) is 0 Å². The molecular weight excluding hydrogens is 164 g/mol. The molecule has 13 heavy (non-hydrogen) atoms. The van der Waals surface area contributed by atoms with Crippen LogP contribution in [0.1, 0.15) is 42.0 Å². The molecule has 80 valence electrons. The molecule has 3 nitrogen and oxygen atoms in total. The van der Waals surface area contributed by atoms with Gasteiger partial charge in [0, 0.05) is 12.1 Å². The Morgan fingerprint density at radius 3 is 1.46 bits per heavy atom. The molecule has 0 aromatic heterocycles. The first-order valence-electron chi connectivity index (χ1n) is 4.45. The lowest BCUT2D eigenvalue weighted by Crippen LogP contribution is -2.48. The van der Waals surface area contributed by atoms with E-state index in [2.05, 4.69) is 0 Å². The van der Waals surface area contributed by atoms with Crippen molar-refractivity contribution < 1.29 is 4.79 Å². The second-order valence-electron chi connectivity index (χ2n) is 3.72. The lowest BCUT2D eigenvalue weighted by atomic mass is 10.2. The molecular formula is C10H24N2O. The molecule has 0 radical (unpaired) electrons. The van der Waals surface area contributed by atoms with Crippen molar-refractivity contribution in [3.05, 3.63) is 0 Å². The predicted molar refractivity (Wildman–Crippen MR) is 57.5 cm³/mol. The number of hydrogen-bond acceptors (Lipinski definition) is 2. The van der Waals surface area contributed by atoms with Crippen molar-refractivity contribution in [3.8, 4) is 0 Å². The van der Waals surface area contributed by atoms with Gasteiger partial charge in [0.25, 0.3) is 0 Å². The molecule has 0 aliphatic heterocycles. The standard InChI is InChI=1S/C9H20N2O.CH4/c1-6(2)11(7(3)4)9(12)8(5)10;/h6-8H,10H2,1-5H3;1H4/t8-;/m1./s1. The van der Waals surface area contributed by atoms with Crippen molar-refractivity contribution in [1.82, 2.24) is 4.90 Å². The summed E-state index contributed by atoms with van der Waals surface area (Å²) in [5, 5.41) is 0. The second kappa shape index (κ2) is 5.97. The van der Waals surface area contributed by atoms with Gasteiger partial charge in [0.15, 0.2) is 0 Å². The number of nitrogens with zero attached hydrogens (tertiary/aromatic N) is 1. The van der Waals surface area contributed by atoms with E-state index in [-0.39, 0.29) is 25.4 Å². The monoisotopic (exact) mass is 188 g/mol. The topological polar surface area (TPSA) is 46.3 Å². The molecule has 0 spiro atoms. The Morgan fingerprint density at radius 2 is 1.38 bits per heavy atom. The second-order valence-corrected chi connectivity index (χ2v) is 3.72. The van der Waals surface area contributed by atoms with Gasteiger partial charge >= 0.3 is 0 Å². The molecule has 0 saturated carbocycles. The number of rotatable bonds is 3. The van der Waals surface area contributed by atoms with E-state index < -0.39 is 6.04 Å². The maximum absolute atomic E-state index is 11.5. The van der Waals surface area contributed by atoms with Crippen LogP contribution in [0.15, 0.2) is 0 Å². The third kappa shape index (κ3) is 4.27. The van der Waals surface area contributed by atoms with Gasteiger partial charge in [-0.25, -0.2) is 0 Å². The van der Waals surface area contributed by atoms with Crippen molar-refractivity contribution in [3.63, 3.8) is 0 Å². The molecule has 0 aromatic rings. The van der Waals surface area contributed by atoms with Gasteiger partial charge in [-0.05, 0) is 34.6 Å². The average molecular weight is 188 g/mol. The SMILES string of the molecule is C.CC(C)N(C(=O)[C@@H](C)N)C(C)C. The molecule has 2 N–H and O–H groups in total. The van der Waals surface area contributed by atoms with E-state index in [9.17, 15) is 4.79 Å². The van der Waals surface area contributed by atoms with Gasteiger partial charge in [-0.15, -0.1) is 0 Å². The summed E-state index contributed by atoms with van der Waals surface area (Å²) in [5.41, 5.74) is 5.52. The maximum Gasteiger partial charge on any atom is 0.239 e. The number of carbonyl (C=O) groups is 1. The van der Waals surface area contributed by atoms with Crippen LogP contribution in [0.2, 0.25) is 0 Å². The third-order valence-corrected chi connectivity index (χ3v) is 1.76. The highest BCUT2D eigenvalue weighted by atomic mass is 16.2. The third-order valence-electron chi connectivity index (χ3n) is 1.76. The molecule has 0 aromatic carbocycles. The Kier molecular flexibility index (Phi) is 6.86. The Balaban J connectivity index is 0. The summed E-state index contributed by atoms with van der Waals surface area (Å²) in [6.45, 7) is 9.72. The van der Waals surface area contributed by atoms with Crippen LogP contribution in [-0.4, -0.2) is 28.9 Å². The van der Waals surface area contributed by atoms with Gasteiger partial charge in [0.05, 0.1) is 6.04 Å². The molecule has 0 rings (SSSR count). The minimum Gasteiger partial charge on any atom is -0.337 e. The van der Waals surface area contributed by atoms with E-state index in [0.29, 0.717) is 0 Å². The van der Waals surface area contributed by atoms with E-state index in [1.807, 2.05) is 32.6 Å². The van der Waals surface area contributed by atoms with Gasteiger partial charge in [0.2, 0.25) is 5.91 Å². The van der Waals surface area contributed by atoms with Crippen LogP contribution in [0.25, 0.3) is 0 Å². The zero-order valence-corrected chi connectivity index (χ0v) is 8.66. The predicted octanol–water partition coefficient (Wildman–Crippen LogP) is 1.62. The summed E-state index contributed by atoms with van der Waals surface area (Å²) in [5.74, 6) is 0.0278. The van der Waals surface area contributed by atoms with Crippen molar-refractivity contribution in [2.24, 2.45) is 5.73 Å².